The number of aromatic nitrogens is 4. The lowest BCUT2D eigenvalue weighted by molar-refractivity contribution is -0.122. The molecule has 2 heterocycles. The number of imidazole rings is 1. The number of nitrogens with two attached hydrogens (primary N) is 1. The number of primary amides is 1. The number of rotatable bonds is 6. The lowest BCUT2D eigenvalue weighted by atomic mass is 9.85. The van der Waals surface area contributed by atoms with Gasteiger partial charge < -0.3 is 16.4 Å². The molecule has 2 aromatic heterocycles. The van der Waals surface area contributed by atoms with Crippen molar-refractivity contribution >= 4 is 57.9 Å². The van der Waals surface area contributed by atoms with Crippen LogP contribution in [0.4, 0.5) is 30.8 Å². The molecule has 1 amide bonds. The SMILES string of the molecule is NC(=O)C1CCC(n2c(Nc3c(F)cc(Cl)cc3Cl)nc3cnc(NC4CCC(F)(F)C4)nc32)CC1. The van der Waals surface area contributed by atoms with E-state index in [2.05, 4.69) is 25.6 Å². The van der Waals surface area contributed by atoms with Crippen molar-refractivity contribution in [3.05, 3.63) is 34.2 Å². The highest BCUT2D eigenvalue weighted by atomic mass is 35.5. The topological polar surface area (TPSA) is 111 Å². The standard InChI is InChI=1S/C23H24Cl2F3N7O/c24-12-7-15(25)18(16(26)8-12)33-22-32-17-10-30-21(31-13-5-6-23(27,28)9-13)34-20(17)35(22)14-3-1-11(2-4-14)19(29)36/h7-8,10-11,13-14H,1-6,9H2,(H2,29,36)(H,32,33)(H,30,31,34). The van der Waals surface area contributed by atoms with Gasteiger partial charge in [0.15, 0.2) is 5.65 Å². The van der Waals surface area contributed by atoms with E-state index in [1.54, 1.807) is 0 Å². The Morgan fingerprint density at radius 1 is 1.14 bits per heavy atom. The Kier molecular flexibility index (Phi) is 6.63. The molecule has 5 rings (SSSR count). The zero-order valence-corrected chi connectivity index (χ0v) is 20.6. The van der Waals surface area contributed by atoms with Crippen molar-refractivity contribution in [2.24, 2.45) is 11.7 Å². The summed E-state index contributed by atoms with van der Waals surface area (Å²) in [6, 6.07) is 1.99. The molecule has 1 unspecified atom stereocenters. The summed E-state index contributed by atoms with van der Waals surface area (Å²) in [5.74, 6) is -3.42. The van der Waals surface area contributed by atoms with Gasteiger partial charge in [-0.3, -0.25) is 9.36 Å². The van der Waals surface area contributed by atoms with Crippen molar-refractivity contribution in [3.63, 3.8) is 0 Å². The van der Waals surface area contributed by atoms with Crippen LogP contribution in [0.15, 0.2) is 18.3 Å². The van der Waals surface area contributed by atoms with Gasteiger partial charge in [0.2, 0.25) is 23.7 Å². The van der Waals surface area contributed by atoms with E-state index < -0.39 is 17.8 Å². The van der Waals surface area contributed by atoms with E-state index in [4.69, 9.17) is 28.9 Å². The first kappa shape index (κ1) is 24.9. The minimum absolute atomic E-state index is 0.00272. The predicted molar refractivity (Wildman–Crippen MR) is 131 cm³/mol. The molecule has 1 aromatic carbocycles. The fourth-order valence-corrected chi connectivity index (χ4v) is 5.56. The molecule has 192 valence electrons. The van der Waals surface area contributed by atoms with Crippen molar-refractivity contribution in [2.75, 3.05) is 10.6 Å². The van der Waals surface area contributed by atoms with Crippen LogP contribution in [0.1, 0.15) is 51.0 Å². The number of alkyl halides is 2. The molecule has 3 aromatic rings. The zero-order chi connectivity index (χ0) is 25.6. The quantitative estimate of drug-likeness (QED) is 0.362. The van der Waals surface area contributed by atoms with Crippen LogP contribution < -0.4 is 16.4 Å². The molecule has 2 saturated carbocycles. The van der Waals surface area contributed by atoms with Gasteiger partial charge >= 0.3 is 0 Å². The van der Waals surface area contributed by atoms with Crippen LogP contribution in [0.5, 0.6) is 0 Å². The van der Waals surface area contributed by atoms with Gasteiger partial charge in [-0.05, 0) is 44.2 Å². The Balaban J connectivity index is 1.52. The molecule has 1 atom stereocenters. The first-order valence-electron chi connectivity index (χ1n) is 11.7. The van der Waals surface area contributed by atoms with Crippen molar-refractivity contribution < 1.29 is 18.0 Å². The fraction of sp³-hybridized carbons (Fsp3) is 0.478. The Morgan fingerprint density at radius 3 is 2.53 bits per heavy atom. The molecule has 2 aliphatic rings. The maximum Gasteiger partial charge on any atom is 0.250 e. The number of nitrogens with one attached hydrogen (secondary N) is 2. The molecule has 2 fully saturated rings. The number of halogens is 5. The largest absolute Gasteiger partial charge is 0.369 e. The second-order valence-corrected chi connectivity index (χ2v) is 10.3. The van der Waals surface area contributed by atoms with Crippen LogP contribution in [0.3, 0.4) is 0 Å². The number of carbonyl (C=O) groups excluding carboxylic acids is 1. The van der Waals surface area contributed by atoms with Crippen LogP contribution in [0, 0.1) is 11.7 Å². The highest BCUT2D eigenvalue weighted by molar-refractivity contribution is 6.36. The summed E-state index contributed by atoms with van der Waals surface area (Å²) < 4.78 is 43.8. The van der Waals surface area contributed by atoms with Gasteiger partial charge in [-0.25, -0.2) is 23.1 Å². The molecule has 0 bridgehead atoms. The summed E-state index contributed by atoms with van der Waals surface area (Å²) >= 11 is 12.1. The predicted octanol–water partition coefficient (Wildman–Crippen LogP) is 5.83. The van der Waals surface area contributed by atoms with E-state index in [1.807, 2.05) is 4.57 Å². The monoisotopic (exact) mass is 541 g/mol. The number of amides is 1. The van der Waals surface area contributed by atoms with Gasteiger partial charge in [0.05, 0.1) is 16.9 Å². The summed E-state index contributed by atoms with van der Waals surface area (Å²) in [6.07, 6.45) is 3.74. The molecule has 0 aliphatic heterocycles. The fourth-order valence-electron chi connectivity index (χ4n) is 5.04. The minimum atomic E-state index is -2.71. The summed E-state index contributed by atoms with van der Waals surface area (Å²) in [5.41, 5.74) is 6.38. The molecule has 13 heteroatoms. The number of hydrogen-bond acceptors (Lipinski definition) is 6. The van der Waals surface area contributed by atoms with Crippen molar-refractivity contribution in [2.45, 2.75) is 63.0 Å². The summed E-state index contributed by atoms with van der Waals surface area (Å²) in [5, 5.41) is 6.20. The summed E-state index contributed by atoms with van der Waals surface area (Å²) in [4.78, 5) is 25.1. The van der Waals surface area contributed by atoms with Gasteiger partial charge in [-0.1, -0.05) is 23.2 Å². The number of anilines is 3. The normalized spacial score (nSPS) is 23.6. The third kappa shape index (κ3) is 5.04. The molecule has 0 radical (unpaired) electrons. The molecule has 0 spiro atoms. The minimum Gasteiger partial charge on any atom is -0.369 e. The molecule has 4 N–H and O–H groups in total. The van der Waals surface area contributed by atoms with Gasteiger partial charge in [-0.2, -0.15) is 4.98 Å². The molecular formula is C23H24Cl2F3N7O. The third-order valence-electron chi connectivity index (χ3n) is 6.88. The van der Waals surface area contributed by atoms with Crippen molar-refractivity contribution in [3.8, 4) is 0 Å². The van der Waals surface area contributed by atoms with E-state index in [0.717, 1.165) is 6.07 Å². The Morgan fingerprint density at radius 2 is 1.89 bits per heavy atom. The van der Waals surface area contributed by atoms with E-state index in [-0.39, 0.29) is 58.3 Å². The molecule has 8 nitrogen and oxygen atoms in total. The zero-order valence-electron chi connectivity index (χ0n) is 19.1. The highest BCUT2D eigenvalue weighted by Gasteiger charge is 2.39. The lowest BCUT2D eigenvalue weighted by Crippen LogP contribution is -2.29. The van der Waals surface area contributed by atoms with Gasteiger partial charge in [0.25, 0.3) is 0 Å². The smallest absolute Gasteiger partial charge is 0.250 e. The molecule has 2 aliphatic carbocycles. The number of fused-ring (bicyclic) bond motifs is 1. The van der Waals surface area contributed by atoms with E-state index >= 15 is 0 Å². The number of hydrogen-bond donors (Lipinski definition) is 3. The average molecular weight is 542 g/mol. The second-order valence-electron chi connectivity index (χ2n) is 9.43. The van der Waals surface area contributed by atoms with Crippen LogP contribution in [0.25, 0.3) is 11.2 Å². The van der Waals surface area contributed by atoms with E-state index in [1.165, 1.54) is 12.3 Å². The Bertz CT molecular complexity index is 1290. The summed E-state index contributed by atoms with van der Waals surface area (Å²) in [7, 11) is 0. The first-order chi connectivity index (χ1) is 17.1. The van der Waals surface area contributed by atoms with E-state index in [0.29, 0.717) is 43.3 Å². The first-order valence-corrected chi connectivity index (χ1v) is 12.5. The van der Waals surface area contributed by atoms with Gasteiger partial charge in [0, 0.05) is 35.9 Å². The van der Waals surface area contributed by atoms with Crippen LogP contribution in [-0.2, 0) is 4.79 Å². The highest BCUT2D eigenvalue weighted by Crippen LogP contribution is 2.39. The Hall–Kier alpha value is -2.79. The third-order valence-corrected chi connectivity index (χ3v) is 7.39. The second kappa shape index (κ2) is 9.59. The molecule has 0 saturated heterocycles. The average Bonchev–Trinajstić information content (AvgIpc) is 3.34. The van der Waals surface area contributed by atoms with Crippen LogP contribution >= 0.6 is 23.2 Å². The molecule has 36 heavy (non-hydrogen) atoms. The van der Waals surface area contributed by atoms with E-state index in [9.17, 15) is 18.0 Å². The maximum absolute atomic E-state index is 14.7. The number of benzene rings is 1. The number of nitrogens with zero attached hydrogens (tertiary/aromatic N) is 4. The number of carbonyl (C=O) groups is 1. The van der Waals surface area contributed by atoms with Crippen LogP contribution in [-0.4, -0.2) is 37.4 Å². The van der Waals surface area contributed by atoms with Crippen LogP contribution in [0.2, 0.25) is 10.0 Å². The van der Waals surface area contributed by atoms with Crippen molar-refractivity contribution in [1.29, 1.82) is 0 Å². The molecular weight excluding hydrogens is 518 g/mol. The maximum atomic E-state index is 14.7. The van der Waals surface area contributed by atoms with Crippen molar-refractivity contribution in [1.82, 2.24) is 19.5 Å². The Labute approximate surface area is 214 Å². The van der Waals surface area contributed by atoms with Gasteiger partial charge in [-0.15, -0.1) is 0 Å². The summed E-state index contributed by atoms with van der Waals surface area (Å²) in [6.45, 7) is 0. The lowest BCUT2D eigenvalue weighted by Gasteiger charge is -2.29. The van der Waals surface area contributed by atoms with Gasteiger partial charge in [0.1, 0.15) is 11.3 Å².